The van der Waals surface area contributed by atoms with Crippen LogP contribution < -0.4 is 10.1 Å². The van der Waals surface area contributed by atoms with Crippen molar-refractivity contribution in [3.63, 3.8) is 0 Å². The van der Waals surface area contributed by atoms with Crippen molar-refractivity contribution in [2.24, 2.45) is 0 Å². The Bertz CT molecular complexity index is 1480. The molecule has 0 atom stereocenters. The number of benzene rings is 3. The number of nitriles is 1. The van der Waals surface area contributed by atoms with Crippen LogP contribution in [0.4, 0.5) is 14.5 Å². The number of ether oxygens (including phenoxy) is 1. The van der Waals surface area contributed by atoms with Crippen LogP contribution in [0.1, 0.15) is 25.3 Å². The molecular weight excluding hydrogens is 464 g/mol. The van der Waals surface area contributed by atoms with Crippen LogP contribution in [0.2, 0.25) is 0 Å². The Morgan fingerprint density at radius 2 is 1.92 bits per heavy atom. The van der Waals surface area contributed by atoms with Crippen molar-refractivity contribution in [3.05, 3.63) is 77.9 Å². The van der Waals surface area contributed by atoms with E-state index in [-0.39, 0.29) is 41.9 Å². The molecule has 182 valence electrons. The van der Waals surface area contributed by atoms with Gasteiger partial charge in [-0.1, -0.05) is 24.3 Å². The maximum atomic E-state index is 15.5. The number of pyridine rings is 1. The fourth-order valence-corrected chi connectivity index (χ4v) is 4.04. The summed E-state index contributed by atoms with van der Waals surface area (Å²) in [6.45, 7) is 2.56. The second-order valence-electron chi connectivity index (χ2n) is 8.03. The summed E-state index contributed by atoms with van der Waals surface area (Å²) in [4.78, 5) is 15.4. The number of hydrogen-bond donors (Lipinski definition) is 2. The number of rotatable bonds is 9. The van der Waals surface area contributed by atoms with Crippen LogP contribution in [-0.2, 0) is 4.79 Å². The summed E-state index contributed by atoms with van der Waals surface area (Å²) in [5.74, 6) is -1.42. The van der Waals surface area contributed by atoms with Gasteiger partial charge >= 0.3 is 5.97 Å². The SMILES string of the molecule is CCOc1ccccc1-c1ccc(-c2nc3ccc(F)cc3c(NCCCC(=O)O)c2C#N)c(F)c1. The lowest BCUT2D eigenvalue weighted by atomic mass is 9.97. The van der Waals surface area contributed by atoms with Crippen LogP contribution in [-0.4, -0.2) is 29.2 Å². The minimum absolute atomic E-state index is 0.0461. The number of anilines is 1. The molecule has 8 heteroatoms. The number of aliphatic carboxylic acids is 1. The first-order valence-electron chi connectivity index (χ1n) is 11.4. The molecule has 0 aliphatic heterocycles. The molecular formula is C28H23F2N3O3. The number of fused-ring (bicyclic) bond motifs is 1. The van der Waals surface area contributed by atoms with Gasteiger partial charge in [0.2, 0.25) is 0 Å². The molecule has 3 aromatic carbocycles. The van der Waals surface area contributed by atoms with E-state index in [0.29, 0.717) is 28.8 Å². The molecule has 0 spiro atoms. The van der Waals surface area contributed by atoms with Crippen LogP contribution in [0, 0.1) is 23.0 Å². The normalized spacial score (nSPS) is 10.7. The van der Waals surface area contributed by atoms with E-state index in [0.717, 1.165) is 5.56 Å². The quantitative estimate of drug-likeness (QED) is 0.266. The third-order valence-electron chi connectivity index (χ3n) is 5.65. The van der Waals surface area contributed by atoms with Gasteiger partial charge in [-0.15, -0.1) is 0 Å². The number of nitrogens with zero attached hydrogens (tertiary/aromatic N) is 2. The summed E-state index contributed by atoms with van der Waals surface area (Å²) in [5.41, 5.74) is 2.26. The number of carbonyl (C=O) groups is 1. The lowest BCUT2D eigenvalue weighted by Crippen LogP contribution is -2.08. The fourth-order valence-electron chi connectivity index (χ4n) is 4.04. The predicted octanol–water partition coefficient (Wildman–Crippen LogP) is 6.39. The Kier molecular flexibility index (Phi) is 7.40. The number of aromatic nitrogens is 1. The predicted molar refractivity (Wildman–Crippen MR) is 134 cm³/mol. The van der Waals surface area contributed by atoms with Gasteiger partial charge in [-0.05, 0) is 55.3 Å². The van der Waals surface area contributed by atoms with Crippen LogP contribution >= 0.6 is 0 Å². The Hall–Kier alpha value is -4.51. The molecule has 0 saturated carbocycles. The van der Waals surface area contributed by atoms with E-state index >= 15 is 4.39 Å². The number of halogens is 2. The van der Waals surface area contributed by atoms with Gasteiger partial charge in [0.05, 0.1) is 23.5 Å². The largest absolute Gasteiger partial charge is 0.493 e. The number of para-hydroxylation sites is 1. The highest BCUT2D eigenvalue weighted by atomic mass is 19.1. The van der Waals surface area contributed by atoms with Gasteiger partial charge in [-0.25, -0.2) is 13.8 Å². The van der Waals surface area contributed by atoms with Gasteiger partial charge in [-0.3, -0.25) is 4.79 Å². The number of nitrogens with one attached hydrogen (secondary N) is 1. The summed E-state index contributed by atoms with van der Waals surface area (Å²) in [6.07, 6.45) is 0.218. The van der Waals surface area contributed by atoms with Gasteiger partial charge in [0.15, 0.2) is 0 Å². The maximum Gasteiger partial charge on any atom is 0.303 e. The van der Waals surface area contributed by atoms with Crippen molar-refractivity contribution in [2.45, 2.75) is 19.8 Å². The Balaban J connectivity index is 1.82. The smallest absolute Gasteiger partial charge is 0.303 e. The molecule has 6 nitrogen and oxygen atoms in total. The molecule has 4 rings (SSSR count). The average Bonchev–Trinajstić information content (AvgIpc) is 2.86. The molecule has 0 unspecified atom stereocenters. The number of carboxylic acids is 1. The third-order valence-corrected chi connectivity index (χ3v) is 5.65. The van der Waals surface area contributed by atoms with E-state index in [9.17, 15) is 14.4 Å². The van der Waals surface area contributed by atoms with Gasteiger partial charge in [0.25, 0.3) is 0 Å². The van der Waals surface area contributed by atoms with Crippen LogP contribution in [0.3, 0.4) is 0 Å². The first-order valence-corrected chi connectivity index (χ1v) is 11.4. The Morgan fingerprint density at radius 3 is 2.64 bits per heavy atom. The summed E-state index contributed by atoms with van der Waals surface area (Å²) < 4.78 is 35.2. The molecule has 0 amide bonds. The van der Waals surface area contributed by atoms with Crippen LogP contribution in [0.15, 0.2) is 60.7 Å². The van der Waals surface area contributed by atoms with Crippen molar-refractivity contribution in [1.29, 1.82) is 5.26 Å². The van der Waals surface area contributed by atoms with Crippen molar-refractivity contribution < 1.29 is 23.4 Å². The molecule has 2 N–H and O–H groups in total. The molecule has 0 radical (unpaired) electrons. The molecule has 36 heavy (non-hydrogen) atoms. The van der Waals surface area contributed by atoms with Crippen LogP contribution in [0.25, 0.3) is 33.3 Å². The van der Waals surface area contributed by atoms with Gasteiger partial charge in [0.1, 0.15) is 29.0 Å². The lowest BCUT2D eigenvalue weighted by Gasteiger charge is -2.16. The van der Waals surface area contributed by atoms with Crippen molar-refractivity contribution in [1.82, 2.24) is 4.98 Å². The van der Waals surface area contributed by atoms with E-state index in [4.69, 9.17) is 9.84 Å². The lowest BCUT2D eigenvalue weighted by molar-refractivity contribution is -0.137. The molecule has 0 aliphatic carbocycles. The zero-order valence-corrected chi connectivity index (χ0v) is 19.5. The number of carboxylic acid groups (broad SMARTS) is 1. The average molecular weight is 488 g/mol. The molecule has 1 heterocycles. The molecule has 0 bridgehead atoms. The minimum Gasteiger partial charge on any atom is -0.493 e. The second kappa shape index (κ2) is 10.8. The highest BCUT2D eigenvalue weighted by molar-refractivity contribution is 5.98. The van der Waals surface area contributed by atoms with E-state index in [1.54, 1.807) is 12.1 Å². The molecule has 0 fully saturated rings. The molecule has 0 aliphatic rings. The first kappa shape index (κ1) is 24.6. The third kappa shape index (κ3) is 5.10. The zero-order chi connectivity index (χ0) is 25.7. The van der Waals surface area contributed by atoms with Crippen molar-refractivity contribution >= 4 is 22.6 Å². The summed E-state index contributed by atoms with van der Waals surface area (Å²) in [6, 6.07) is 18.0. The minimum atomic E-state index is -0.948. The van der Waals surface area contributed by atoms with E-state index < -0.39 is 17.6 Å². The monoisotopic (exact) mass is 487 g/mol. The highest BCUT2D eigenvalue weighted by Crippen LogP contribution is 2.37. The summed E-state index contributed by atoms with van der Waals surface area (Å²) >= 11 is 0. The first-order chi connectivity index (χ1) is 17.4. The van der Waals surface area contributed by atoms with E-state index in [2.05, 4.69) is 16.4 Å². The molecule has 4 aromatic rings. The fraction of sp³-hybridized carbons (Fsp3) is 0.179. The van der Waals surface area contributed by atoms with Crippen LogP contribution in [0.5, 0.6) is 5.75 Å². The maximum absolute atomic E-state index is 15.5. The topological polar surface area (TPSA) is 95.2 Å². The summed E-state index contributed by atoms with van der Waals surface area (Å²) in [5, 5.41) is 22.3. The number of hydrogen-bond acceptors (Lipinski definition) is 5. The summed E-state index contributed by atoms with van der Waals surface area (Å²) in [7, 11) is 0. The molecule has 0 saturated heterocycles. The zero-order valence-electron chi connectivity index (χ0n) is 19.5. The van der Waals surface area contributed by atoms with Crippen molar-refractivity contribution in [2.75, 3.05) is 18.5 Å². The van der Waals surface area contributed by atoms with Gasteiger partial charge in [0, 0.05) is 29.5 Å². The van der Waals surface area contributed by atoms with Gasteiger partial charge < -0.3 is 15.2 Å². The second-order valence-corrected chi connectivity index (χ2v) is 8.03. The van der Waals surface area contributed by atoms with E-state index in [1.807, 2.05) is 31.2 Å². The van der Waals surface area contributed by atoms with E-state index in [1.165, 1.54) is 24.3 Å². The van der Waals surface area contributed by atoms with Crippen molar-refractivity contribution in [3.8, 4) is 34.2 Å². The highest BCUT2D eigenvalue weighted by Gasteiger charge is 2.20. The molecule has 1 aromatic heterocycles. The Morgan fingerprint density at radius 1 is 1.11 bits per heavy atom. The standard InChI is InChI=1S/C28H23F2N3O3/c1-2-36-25-7-4-3-6-19(25)17-9-11-20(23(30)14-17)28-22(16-31)27(32-13-5-8-26(34)35)21-15-18(29)10-12-24(21)33-28/h3-4,6-7,9-12,14-15H,2,5,8,13H2,1H3,(H,32,33)(H,34,35). The van der Waals surface area contributed by atoms with Gasteiger partial charge in [-0.2, -0.15) is 5.26 Å². The Labute approximate surface area is 206 Å².